The highest BCUT2D eigenvalue weighted by atomic mass is 31.0. The van der Waals surface area contributed by atoms with Gasteiger partial charge in [-0.2, -0.15) is 0 Å². The van der Waals surface area contributed by atoms with E-state index in [-0.39, 0.29) is 0 Å². The van der Waals surface area contributed by atoms with Gasteiger partial charge < -0.3 is 5.11 Å². The fourth-order valence-electron chi connectivity index (χ4n) is 3.00. The van der Waals surface area contributed by atoms with Gasteiger partial charge in [-0.05, 0) is 55.1 Å². The van der Waals surface area contributed by atoms with Crippen molar-refractivity contribution in [1.82, 2.24) is 0 Å². The molecule has 1 N–H and O–H groups in total. The van der Waals surface area contributed by atoms with Crippen LogP contribution in [-0.4, -0.2) is 11.1 Å². The summed E-state index contributed by atoms with van der Waals surface area (Å²) < 4.78 is 0. The molecule has 0 bridgehead atoms. The molecule has 3 heteroatoms. The Hall–Kier alpha value is -0.880. The van der Waals surface area contributed by atoms with Crippen LogP contribution in [0, 0.1) is 13.8 Å². The minimum Gasteiger partial charge on any atom is -0.481 e. The van der Waals surface area contributed by atoms with Crippen molar-refractivity contribution in [2.45, 2.75) is 84.5 Å². The number of hydrogen-bond acceptors (Lipinski definition) is 1. The van der Waals surface area contributed by atoms with Gasteiger partial charge in [0.2, 0.25) is 0 Å². The van der Waals surface area contributed by atoms with Crippen LogP contribution >= 0.6 is 9.24 Å². The molecule has 0 radical (unpaired) electrons. The summed E-state index contributed by atoms with van der Waals surface area (Å²) in [5, 5.41) is 9.88. The molecule has 0 heterocycles. The minimum atomic E-state index is -0.664. The van der Waals surface area contributed by atoms with E-state index in [1.165, 1.54) is 73.4 Å². The molecular weight excluding hydrogens is 303 g/mol. The van der Waals surface area contributed by atoms with Crippen LogP contribution in [0.1, 0.15) is 80.9 Å². The van der Waals surface area contributed by atoms with Crippen molar-refractivity contribution in [3.8, 4) is 0 Å². The maximum atomic E-state index is 10.4. The Balaban J connectivity index is 2.00. The van der Waals surface area contributed by atoms with Crippen molar-refractivity contribution >= 4 is 20.5 Å². The van der Waals surface area contributed by atoms with E-state index in [0.717, 1.165) is 12.8 Å². The van der Waals surface area contributed by atoms with Crippen LogP contribution in [0.25, 0.3) is 0 Å². The first-order valence-corrected chi connectivity index (χ1v) is 9.66. The molecule has 0 saturated heterocycles. The molecule has 0 fully saturated rings. The van der Waals surface area contributed by atoms with Gasteiger partial charge >= 0.3 is 5.97 Å². The monoisotopic (exact) mass is 336 g/mol. The molecule has 0 aliphatic carbocycles. The molecular formula is C20H33O2P. The van der Waals surface area contributed by atoms with Crippen LogP contribution in [0.5, 0.6) is 0 Å². The number of hydrogen-bond donors (Lipinski definition) is 1. The number of aryl methyl sites for hydroxylation is 1. The van der Waals surface area contributed by atoms with Gasteiger partial charge in [-0.25, -0.2) is 0 Å². The van der Waals surface area contributed by atoms with Gasteiger partial charge in [-0.1, -0.05) is 57.1 Å². The van der Waals surface area contributed by atoms with Crippen molar-refractivity contribution in [2.24, 2.45) is 0 Å². The second kappa shape index (κ2) is 11.6. The Bertz CT molecular complexity index is 483. The van der Waals surface area contributed by atoms with Crippen molar-refractivity contribution in [3.63, 3.8) is 0 Å². The van der Waals surface area contributed by atoms with Gasteiger partial charge in [-0.3, -0.25) is 4.79 Å². The Labute approximate surface area is 144 Å². The first kappa shape index (κ1) is 20.2. The Morgan fingerprint density at radius 2 is 1.39 bits per heavy atom. The van der Waals surface area contributed by atoms with E-state index in [9.17, 15) is 4.79 Å². The van der Waals surface area contributed by atoms with E-state index < -0.39 is 5.97 Å². The number of benzene rings is 1. The molecule has 1 aromatic carbocycles. The van der Waals surface area contributed by atoms with Gasteiger partial charge in [-0.15, -0.1) is 9.24 Å². The average Bonchev–Trinajstić information content (AvgIpc) is 2.52. The third-order valence-electron chi connectivity index (χ3n) is 4.78. The second-order valence-electron chi connectivity index (χ2n) is 6.64. The molecule has 1 rings (SSSR count). The fraction of sp³-hybridized carbons (Fsp3) is 0.650. The predicted molar refractivity (Wildman–Crippen MR) is 103 cm³/mol. The summed E-state index contributed by atoms with van der Waals surface area (Å²) >= 11 is 0. The van der Waals surface area contributed by atoms with Gasteiger partial charge in [0.15, 0.2) is 0 Å². The summed E-state index contributed by atoms with van der Waals surface area (Å²) in [7, 11) is 2.81. The number of rotatable bonds is 12. The standard InChI is InChI=1S/C20H33O2P/c1-16-17(2)19(23)15-14-18(16)12-10-8-6-4-3-5-7-9-11-13-20(21)22/h14-15H,3-13,23H2,1-2H3,(H,21,22). The number of carboxylic acids is 1. The van der Waals surface area contributed by atoms with Crippen LogP contribution in [0.2, 0.25) is 0 Å². The van der Waals surface area contributed by atoms with Crippen LogP contribution in [-0.2, 0) is 11.2 Å². The van der Waals surface area contributed by atoms with E-state index in [4.69, 9.17) is 5.11 Å². The van der Waals surface area contributed by atoms with Gasteiger partial charge in [0, 0.05) is 6.42 Å². The fourth-order valence-corrected chi connectivity index (χ4v) is 3.31. The number of carbonyl (C=O) groups is 1. The highest BCUT2D eigenvalue weighted by molar-refractivity contribution is 7.27. The first-order chi connectivity index (χ1) is 11.0. The Morgan fingerprint density at radius 1 is 0.870 bits per heavy atom. The minimum absolute atomic E-state index is 0.330. The Morgan fingerprint density at radius 3 is 1.96 bits per heavy atom. The topological polar surface area (TPSA) is 37.3 Å². The molecule has 0 amide bonds. The van der Waals surface area contributed by atoms with Gasteiger partial charge in [0.1, 0.15) is 0 Å². The maximum absolute atomic E-state index is 10.4. The third-order valence-corrected chi connectivity index (χ3v) is 5.40. The SMILES string of the molecule is Cc1c(P)ccc(CCCCCCCCCCCC(=O)O)c1C. The zero-order valence-corrected chi connectivity index (χ0v) is 16.0. The maximum Gasteiger partial charge on any atom is 0.303 e. The molecule has 0 saturated carbocycles. The Kier molecular flexibility index (Phi) is 10.2. The van der Waals surface area contributed by atoms with E-state index in [1.54, 1.807) is 0 Å². The lowest BCUT2D eigenvalue weighted by molar-refractivity contribution is -0.137. The zero-order chi connectivity index (χ0) is 17.1. The summed E-state index contributed by atoms with van der Waals surface area (Å²) in [5.41, 5.74) is 4.38. The van der Waals surface area contributed by atoms with E-state index >= 15 is 0 Å². The van der Waals surface area contributed by atoms with Crippen molar-refractivity contribution in [2.75, 3.05) is 0 Å². The van der Waals surface area contributed by atoms with Crippen LogP contribution < -0.4 is 5.30 Å². The van der Waals surface area contributed by atoms with Crippen LogP contribution in [0.3, 0.4) is 0 Å². The van der Waals surface area contributed by atoms with Crippen molar-refractivity contribution in [3.05, 3.63) is 28.8 Å². The molecule has 1 atom stereocenters. The summed E-state index contributed by atoms with van der Waals surface area (Å²) in [4.78, 5) is 10.4. The lowest BCUT2D eigenvalue weighted by atomic mass is 9.98. The average molecular weight is 336 g/mol. The van der Waals surface area contributed by atoms with Crippen molar-refractivity contribution < 1.29 is 9.90 Å². The normalized spacial score (nSPS) is 10.9. The lowest BCUT2D eigenvalue weighted by Gasteiger charge is -2.11. The zero-order valence-electron chi connectivity index (χ0n) is 14.9. The molecule has 23 heavy (non-hydrogen) atoms. The lowest BCUT2D eigenvalue weighted by Crippen LogP contribution is -2.03. The smallest absolute Gasteiger partial charge is 0.303 e. The molecule has 0 aliphatic rings. The first-order valence-electron chi connectivity index (χ1n) is 9.08. The molecule has 1 unspecified atom stereocenters. The summed E-state index contributed by atoms with van der Waals surface area (Å²) in [6.45, 7) is 4.44. The molecule has 0 aromatic heterocycles. The van der Waals surface area contributed by atoms with E-state index in [0.29, 0.717) is 6.42 Å². The highest BCUT2D eigenvalue weighted by Gasteiger charge is 2.03. The molecule has 0 spiro atoms. The summed E-state index contributed by atoms with van der Waals surface area (Å²) in [6, 6.07) is 4.49. The largest absolute Gasteiger partial charge is 0.481 e. The predicted octanol–water partition coefficient (Wildman–Crippen LogP) is 5.33. The summed E-state index contributed by atoms with van der Waals surface area (Å²) in [5.74, 6) is -0.664. The van der Waals surface area contributed by atoms with Gasteiger partial charge in [0.25, 0.3) is 0 Å². The van der Waals surface area contributed by atoms with Gasteiger partial charge in [0.05, 0.1) is 0 Å². The molecule has 0 aliphatic heterocycles. The molecule has 130 valence electrons. The van der Waals surface area contributed by atoms with E-state index in [1.807, 2.05) is 0 Å². The number of unbranched alkanes of at least 4 members (excludes halogenated alkanes) is 8. The third kappa shape index (κ3) is 8.51. The quantitative estimate of drug-likeness (QED) is 0.414. The van der Waals surface area contributed by atoms with Crippen LogP contribution in [0.15, 0.2) is 12.1 Å². The molecule has 1 aromatic rings. The molecule has 2 nitrogen and oxygen atoms in total. The number of aliphatic carboxylic acids is 1. The summed E-state index contributed by atoms with van der Waals surface area (Å²) in [6.07, 6.45) is 12.4. The highest BCUT2D eigenvalue weighted by Crippen LogP contribution is 2.17. The second-order valence-corrected chi connectivity index (χ2v) is 7.26. The van der Waals surface area contributed by atoms with Crippen LogP contribution in [0.4, 0.5) is 0 Å². The number of carboxylic acid groups (broad SMARTS) is 1. The van der Waals surface area contributed by atoms with E-state index in [2.05, 4.69) is 35.2 Å². The van der Waals surface area contributed by atoms with Crippen molar-refractivity contribution in [1.29, 1.82) is 0 Å².